The minimum atomic E-state index is 0.190. The van der Waals surface area contributed by atoms with Crippen LogP contribution in [-0.4, -0.2) is 49.7 Å². The Morgan fingerprint density at radius 2 is 2.08 bits per heavy atom. The van der Waals surface area contributed by atoms with Crippen molar-refractivity contribution in [2.75, 3.05) is 18.4 Å². The van der Waals surface area contributed by atoms with Crippen molar-refractivity contribution in [2.45, 2.75) is 52.1 Å². The van der Waals surface area contributed by atoms with Gasteiger partial charge in [0.15, 0.2) is 0 Å². The smallest absolute Gasteiger partial charge is 0.224 e. The van der Waals surface area contributed by atoms with Crippen LogP contribution in [-0.2, 0) is 11.3 Å². The molecule has 0 aromatic carbocycles. The fourth-order valence-corrected chi connectivity index (χ4v) is 3.39. The molecule has 1 fully saturated rings. The average Bonchev–Trinajstić information content (AvgIpc) is 2.93. The van der Waals surface area contributed by atoms with Gasteiger partial charge < -0.3 is 10.2 Å². The SMILES string of the molecule is Cc1cc(C)n(C[C@H]2CCCCN2C(=O)CCNc2ncccn2)n1. The van der Waals surface area contributed by atoms with E-state index >= 15 is 0 Å². The third kappa shape index (κ3) is 4.55. The highest BCUT2D eigenvalue weighted by atomic mass is 16.2. The van der Waals surface area contributed by atoms with Crippen LogP contribution in [0.15, 0.2) is 24.5 Å². The Morgan fingerprint density at radius 1 is 1.28 bits per heavy atom. The van der Waals surface area contributed by atoms with Crippen molar-refractivity contribution >= 4 is 11.9 Å². The molecule has 1 amide bonds. The van der Waals surface area contributed by atoms with Gasteiger partial charge in [0.25, 0.3) is 0 Å². The van der Waals surface area contributed by atoms with Crippen LogP contribution < -0.4 is 5.32 Å². The number of aromatic nitrogens is 4. The molecule has 0 bridgehead atoms. The number of rotatable bonds is 6. The standard InChI is InChI=1S/C18H26N6O/c1-14-12-15(2)24(22-14)13-16-6-3-4-11-23(16)17(25)7-10-21-18-19-8-5-9-20-18/h5,8-9,12,16H,3-4,6-7,10-11,13H2,1-2H3,(H,19,20,21)/t16-/m1/s1. The van der Waals surface area contributed by atoms with Gasteiger partial charge in [-0.25, -0.2) is 9.97 Å². The molecule has 0 radical (unpaired) electrons. The number of aryl methyl sites for hydroxylation is 2. The van der Waals surface area contributed by atoms with E-state index in [9.17, 15) is 4.79 Å². The quantitative estimate of drug-likeness (QED) is 0.871. The summed E-state index contributed by atoms with van der Waals surface area (Å²) in [6.45, 7) is 6.24. The zero-order chi connectivity index (χ0) is 17.6. The van der Waals surface area contributed by atoms with Gasteiger partial charge in [-0.15, -0.1) is 0 Å². The van der Waals surface area contributed by atoms with Crippen LogP contribution >= 0.6 is 0 Å². The Hall–Kier alpha value is -2.44. The largest absolute Gasteiger partial charge is 0.354 e. The summed E-state index contributed by atoms with van der Waals surface area (Å²) in [6, 6.07) is 4.08. The normalized spacial score (nSPS) is 17.5. The summed E-state index contributed by atoms with van der Waals surface area (Å²) in [4.78, 5) is 23.0. The van der Waals surface area contributed by atoms with Crippen molar-refractivity contribution in [3.05, 3.63) is 35.9 Å². The molecule has 1 aliphatic rings. The molecule has 3 heterocycles. The monoisotopic (exact) mass is 342 g/mol. The molecule has 0 unspecified atom stereocenters. The molecular formula is C18H26N6O. The van der Waals surface area contributed by atoms with E-state index in [1.54, 1.807) is 18.5 Å². The van der Waals surface area contributed by atoms with Crippen molar-refractivity contribution in [2.24, 2.45) is 0 Å². The summed E-state index contributed by atoms with van der Waals surface area (Å²) in [5.74, 6) is 0.753. The van der Waals surface area contributed by atoms with Crippen LogP contribution in [0.2, 0.25) is 0 Å². The number of likely N-dealkylation sites (tertiary alicyclic amines) is 1. The molecule has 2 aromatic heterocycles. The van der Waals surface area contributed by atoms with E-state index in [0.717, 1.165) is 37.3 Å². The van der Waals surface area contributed by atoms with Gasteiger partial charge in [0, 0.05) is 37.6 Å². The lowest BCUT2D eigenvalue weighted by Gasteiger charge is -2.36. The van der Waals surface area contributed by atoms with E-state index in [2.05, 4.69) is 33.4 Å². The number of hydrogen-bond donors (Lipinski definition) is 1. The fraction of sp³-hybridized carbons (Fsp3) is 0.556. The van der Waals surface area contributed by atoms with Gasteiger partial charge in [0.05, 0.1) is 18.3 Å². The highest BCUT2D eigenvalue weighted by Gasteiger charge is 2.27. The second-order valence-electron chi connectivity index (χ2n) is 6.60. The second-order valence-corrected chi connectivity index (χ2v) is 6.60. The van der Waals surface area contributed by atoms with Crippen molar-refractivity contribution in [3.63, 3.8) is 0 Å². The first kappa shape index (κ1) is 17.4. The van der Waals surface area contributed by atoms with Crippen molar-refractivity contribution in [3.8, 4) is 0 Å². The van der Waals surface area contributed by atoms with Crippen LogP contribution in [0, 0.1) is 13.8 Å². The predicted molar refractivity (Wildman–Crippen MR) is 96.2 cm³/mol. The van der Waals surface area contributed by atoms with Crippen molar-refractivity contribution in [1.29, 1.82) is 0 Å². The number of anilines is 1. The van der Waals surface area contributed by atoms with E-state index in [-0.39, 0.29) is 11.9 Å². The van der Waals surface area contributed by atoms with E-state index in [1.807, 2.05) is 16.5 Å². The molecule has 1 atom stereocenters. The molecule has 0 saturated carbocycles. The molecule has 1 aliphatic heterocycles. The summed E-state index contributed by atoms with van der Waals surface area (Å²) in [6.07, 6.45) is 7.11. The molecular weight excluding hydrogens is 316 g/mol. The first-order valence-corrected chi connectivity index (χ1v) is 8.95. The molecule has 7 nitrogen and oxygen atoms in total. The van der Waals surface area contributed by atoms with Gasteiger partial charge in [0.1, 0.15) is 0 Å². The third-order valence-corrected chi connectivity index (χ3v) is 4.62. The van der Waals surface area contributed by atoms with Crippen LogP contribution in [0.5, 0.6) is 0 Å². The summed E-state index contributed by atoms with van der Waals surface area (Å²) in [7, 11) is 0. The summed E-state index contributed by atoms with van der Waals surface area (Å²) >= 11 is 0. The molecule has 0 spiro atoms. The van der Waals surface area contributed by atoms with Gasteiger partial charge in [-0.1, -0.05) is 0 Å². The number of amides is 1. The summed E-state index contributed by atoms with van der Waals surface area (Å²) in [5, 5.41) is 7.65. The van der Waals surface area contributed by atoms with Crippen LogP contribution in [0.25, 0.3) is 0 Å². The van der Waals surface area contributed by atoms with E-state index in [0.29, 0.717) is 18.9 Å². The molecule has 3 rings (SSSR count). The summed E-state index contributed by atoms with van der Waals surface area (Å²) < 4.78 is 2.03. The van der Waals surface area contributed by atoms with Crippen molar-refractivity contribution < 1.29 is 4.79 Å². The van der Waals surface area contributed by atoms with Crippen LogP contribution in [0.1, 0.15) is 37.1 Å². The topological polar surface area (TPSA) is 75.9 Å². The van der Waals surface area contributed by atoms with Gasteiger partial charge in [-0.3, -0.25) is 9.48 Å². The Kier molecular flexibility index (Phi) is 5.63. The molecule has 1 N–H and O–H groups in total. The molecule has 2 aromatic rings. The molecule has 134 valence electrons. The molecule has 1 saturated heterocycles. The summed E-state index contributed by atoms with van der Waals surface area (Å²) in [5.41, 5.74) is 2.18. The Bertz CT molecular complexity index is 699. The second kappa shape index (κ2) is 8.09. The molecule has 0 aliphatic carbocycles. The number of nitrogens with zero attached hydrogens (tertiary/aromatic N) is 5. The lowest BCUT2D eigenvalue weighted by atomic mass is 10.0. The number of carbonyl (C=O) groups is 1. The average molecular weight is 342 g/mol. The lowest BCUT2D eigenvalue weighted by Crippen LogP contribution is -2.46. The first-order valence-electron chi connectivity index (χ1n) is 8.95. The Labute approximate surface area is 148 Å². The fourth-order valence-electron chi connectivity index (χ4n) is 3.39. The van der Waals surface area contributed by atoms with Gasteiger partial charge in [-0.2, -0.15) is 5.10 Å². The molecule has 25 heavy (non-hydrogen) atoms. The minimum absolute atomic E-state index is 0.190. The Balaban J connectivity index is 1.56. The number of piperidine rings is 1. The highest BCUT2D eigenvalue weighted by molar-refractivity contribution is 5.77. The van der Waals surface area contributed by atoms with E-state index in [1.165, 1.54) is 6.42 Å². The lowest BCUT2D eigenvalue weighted by molar-refractivity contribution is -0.135. The Morgan fingerprint density at radius 3 is 2.80 bits per heavy atom. The van der Waals surface area contributed by atoms with Crippen LogP contribution in [0.4, 0.5) is 5.95 Å². The van der Waals surface area contributed by atoms with Crippen molar-refractivity contribution in [1.82, 2.24) is 24.6 Å². The maximum absolute atomic E-state index is 12.7. The maximum Gasteiger partial charge on any atom is 0.224 e. The minimum Gasteiger partial charge on any atom is -0.354 e. The number of hydrogen-bond acceptors (Lipinski definition) is 5. The van der Waals surface area contributed by atoms with Crippen LogP contribution in [0.3, 0.4) is 0 Å². The maximum atomic E-state index is 12.7. The highest BCUT2D eigenvalue weighted by Crippen LogP contribution is 2.20. The van der Waals surface area contributed by atoms with Gasteiger partial charge >= 0.3 is 0 Å². The first-order chi connectivity index (χ1) is 12.1. The zero-order valence-corrected chi connectivity index (χ0v) is 15.0. The zero-order valence-electron chi connectivity index (χ0n) is 15.0. The van der Waals surface area contributed by atoms with Gasteiger partial charge in [-0.05, 0) is 45.2 Å². The van der Waals surface area contributed by atoms with E-state index in [4.69, 9.17) is 0 Å². The predicted octanol–water partition coefficient (Wildman–Crippen LogP) is 2.17. The van der Waals surface area contributed by atoms with E-state index < -0.39 is 0 Å². The molecule has 7 heteroatoms. The number of carbonyl (C=O) groups excluding carboxylic acids is 1. The third-order valence-electron chi connectivity index (χ3n) is 4.62. The number of nitrogens with one attached hydrogen (secondary N) is 1. The van der Waals surface area contributed by atoms with Gasteiger partial charge in [0.2, 0.25) is 11.9 Å².